The Morgan fingerprint density at radius 2 is 2.25 bits per heavy atom. The van der Waals surface area contributed by atoms with E-state index in [1.54, 1.807) is 12.1 Å². The minimum Gasteiger partial charge on any atom is -0.491 e. The van der Waals surface area contributed by atoms with Crippen LogP contribution in [0.3, 0.4) is 0 Å². The lowest BCUT2D eigenvalue weighted by Crippen LogP contribution is -2.34. The maximum atomic E-state index is 12.7. The Balaban J connectivity index is 2.30. The van der Waals surface area contributed by atoms with Crippen LogP contribution in [0.5, 0.6) is 5.75 Å². The standard InChI is InChI=1S/C15H19Cl2NO2/c1-2-6-20-15-12(7-11(16)8-13(15)17)14(19)10-4-3-5-18-9-10/h7-8,10,18H,2-6,9H2,1H3. The molecule has 0 bridgehead atoms. The zero-order valence-electron chi connectivity index (χ0n) is 11.5. The van der Waals surface area contributed by atoms with E-state index in [0.717, 1.165) is 25.8 Å². The van der Waals surface area contributed by atoms with Crippen LogP contribution in [-0.2, 0) is 0 Å². The number of hydrogen-bond donors (Lipinski definition) is 1. The number of rotatable bonds is 5. The van der Waals surface area contributed by atoms with Gasteiger partial charge in [0, 0.05) is 17.5 Å². The highest BCUT2D eigenvalue weighted by molar-refractivity contribution is 6.36. The van der Waals surface area contributed by atoms with Crippen molar-refractivity contribution in [1.82, 2.24) is 5.32 Å². The Kier molecular flexibility index (Phi) is 5.70. The van der Waals surface area contributed by atoms with Gasteiger partial charge in [-0.05, 0) is 37.9 Å². The SMILES string of the molecule is CCCOc1c(Cl)cc(Cl)cc1C(=O)C1CCCNC1. The summed E-state index contributed by atoms with van der Waals surface area (Å²) in [7, 11) is 0. The number of carbonyl (C=O) groups excluding carboxylic acids is 1. The molecule has 0 spiro atoms. The smallest absolute Gasteiger partial charge is 0.171 e. The number of ether oxygens (including phenoxy) is 1. The van der Waals surface area contributed by atoms with Gasteiger partial charge in [0.05, 0.1) is 17.2 Å². The first-order chi connectivity index (χ1) is 9.63. The van der Waals surface area contributed by atoms with Crippen LogP contribution < -0.4 is 10.1 Å². The molecule has 1 heterocycles. The topological polar surface area (TPSA) is 38.3 Å². The Labute approximate surface area is 129 Å². The fourth-order valence-corrected chi connectivity index (χ4v) is 2.94. The number of benzene rings is 1. The highest BCUT2D eigenvalue weighted by Gasteiger charge is 2.26. The predicted octanol–water partition coefficient (Wildman–Crippen LogP) is 3.96. The molecule has 1 N–H and O–H groups in total. The molecule has 0 aromatic heterocycles. The number of nitrogens with one attached hydrogen (secondary N) is 1. The first-order valence-electron chi connectivity index (χ1n) is 7.00. The summed E-state index contributed by atoms with van der Waals surface area (Å²) in [4.78, 5) is 12.7. The third-order valence-corrected chi connectivity index (χ3v) is 3.89. The van der Waals surface area contributed by atoms with E-state index in [4.69, 9.17) is 27.9 Å². The number of carbonyl (C=O) groups is 1. The zero-order chi connectivity index (χ0) is 14.5. The Morgan fingerprint density at radius 1 is 1.45 bits per heavy atom. The van der Waals surface area contributed by atoms with Gasteiger partial charge in [0.1, 0.15) is 5.75 Å². The largest absolute Gasteiger partial charge is 0.491 e. The third-order valence-electron chi connectivity index (χ3n) is 3.39. The van der Waals surface area contributed by atoms with E-state index in [-0.39, 0.29) is 11.7 Å². The van der Waals surface area contributed by atoms with Crippen LogP contribution >= 0.6 is 23.2 Å². The lowest BCUT2D eigenvalue weighted by atomic mass is 9.90. The molecule has 1 aromatic carbocycles. The highest BCUT2D eigenvalue weighted by atomic mass is 35.5. The molecule has 0 aliphatic carbocycles. The van der Waals surface area contributed by atoms with Crippen molar-refractivity contribution in [3.8, 4) is 5.75 Å². The summed E-state index contributed by atoms with van der Waals surface area (Å²) in [6, 6.07) is 3.28. The normalized spacial score (nSPS) is 18.9. The molecule has 0 saturated carbocycles. The first-order valence-corrected chi connectivity index (χ1v) is 7.75. The van der Waals surface area contributed by atoms with E-state index in [9.17, 15) is 4.79 Å². The van der Waals surface area contributed by atoms with E-state index in [1.807, 2.05) is 6.92 Å². The van der Waals surface area contributed by atoms with Gasteiger partial charge in [0.15, 0.2) is 5.78 Å². The Morgan fingerprint density at radius 3 is 2.90 bits per heavy atom. The fraction of sp³-hybridized carbons (Fsp3) is 0.533. The van der Waals surface area contributed by atoms with Crippen LogP contribution in [0.2, 0.25) is 10.0 Å². The molecule has 5 heteroatoms. The summed E-state index contributed by atoms with van der Waals surface area (Å²) in [5.41, 5.74) is 0.504. The summed E-state index contributed by atoms with van der Waals surface area (Å²) in [5.74, 6) is 0.503. The van der Waals surface area contributed by atoms with Crippen molar-refractivity contribution in [3.63, 3.8) is 0 Å². The molecule has 1 saturated heterocycles. The van der Waals surface area contributed by atoms with Gasteiger partial charge in [-0.2, -0.15) is 0 Å². The molecule has 1 unspecified atom stereocenters. The van der Waals surface area contributed by atoms with Gasteiger partial charge in [-0.25, -0.2) is 0 Å². The number of piperidine rings is 1. The van der Waals surface area contributed by atoms with Crippen molar-refractivity contribution >= 4 is 29.0 Å². The summed E-state index contributed by atoms with van der Waals surface area (Å²) >= 11 is 12.2. The lowest BCUT2D eigenvalue weighted by Gasteiger charge is -2.23. The molecule has 110 valence electrons. The molecule has 1 fully saturated rings. The Bertz CT molecular complexity index is 485. The van der Waals surface area contributed by atoms with Crippen LogP contribution in [0, 0.1) is 5.92 Å². The van der Waals surface area contributed by atoms with E-state index >= 15 is 0 Å². The van der Waals surface area contributed by atoms with Crippen LogP contribution in [0.1, 0.15) is 36.5 Å². The molecule has 0 radical (unpaired) electrons. The van der Waals surface area contributed by atoms with E-state index in [2.05, 4.69) is 5.32 Å². The van der Waals surface area contributed by atoms with Gasteiger partial charge in [0.2, 0.25) is 0 Å². The van der Waals surface area contributed by atoms with Crippen LogP contribution in [-0.4, -0.2) is 25.5 Å². The molecule has 1 atom stereocenters. The van der Waals surface area contributed by atoms with Crippen molar-refractivity contribution in [2.75, 3.05) is 19.7 Å². The lowest BCUT2D eigenvalue weighted by molar-refractivity contribution is 0.0895. The molecular weight excluding hydrogens is 297 g/mol. The molecule has 1 aliphatic rings. The second-order valence-electron chi connectivity index (χ2n) is 5.02. The van der Waals surface area contributed by atoms with Crippen molar-refractivity contribution in [2.24, 2.45) is 5.92 Å². The number of halogens is 2. The number of Topliss-reactive ketones (excluding diaryl/α,β-unsaturated/α-hetero) is 1. The van der Waals surface area contributed by atoms with Crippen LogP contribution in [0.25, 0.3) is 0 Å². The molecule has 0 amide bonds. The van der Waals surface area contributed by atoms with Gasteiger partial charge in [0.25, 0.3) is 0 Å². The quantitative estimate of drug-likeness (QED) is 0.836. The number of hydrogen-bond acceptors (Lipinski definition) is 3. The first kappa shape index (κ1) is 15.6. The second-order valence-corrected chi connectivity index (χ2v) is 5.86. The third kappa shape index (κ3) is 3.66. The van der Waals surface area contributed by atoms with E-state index in [1.165, 1.54) is 0 Å². The summed E-state index contributed by atoms with van der Waals surface area (Å²) in [6.07, 6.45) is 2.76. The molecule has 1 aromatic rings. The van der Waals surface area contributed by atoms with Gasteiger partial charge in [-0.3, -0.25) is 4.79 Å². The minimum atomic E-state index is -0.0257. The Hall–Kier alpha value is -0.770. The average Bonchev–Trinajstić information content (AvgIpc) is 2.46. The van der Waals surface area contributed by atoms with Gasteiger partial charge in [-0.15, -0.1) is 0 Å². The molecule has 2 rings (SSSR count). The monoisotopic (exact) mass is 315 g/mol. The molecule has 1 aliphatic heterocycles. The van der Waals surface area contributed by atoms with Gasteiger partial charge in [-0.1, -0.05) is 30.1 Å². The maximum Gasteiger partial charge on any atom is 0.171 e. The second kappa shape index (κ2) is 7.30. The highest BCUT2D eigenvalue weighted by Crippen LogP contribution is 2.34. The van der Waals surface area contributed by atoms with Gasteiger partial charge >= 0.3 is 0 Å². The van der Waals surface area contributed by atoms with Gasteiger partial charge < -0.3 is 10.1 Å². The molecular formula is C15H19Cl2NO2. The minimum absolute atomic E-state index is 0.0257. The van der Waals surface area contributed by atoms with E-state index < -0.39 is 0 Å². The van der Waals surface area contributed by atoms with Crippen molar-refractivity contribution in [1.29, 1.82) is 0 Å². The zero-order valence-corrected chi connectivity index (χ0v) is 13.1. The van der Waals surface area contributed by atoms with Crippen molar-refractivity contribution < 1.29 is 9.53 Å². The maximum absolute atomic E-state index is 12.7. The molecule has 3 nitrogen and oxygen atoms in total. The number of ketones is 1. The van der Waals surface area contributed by atoms with E-state index in [0.29, 0.717) is 34.5 Å². The summed E-state index contributed by atoms with van der Waals surface area (Å²) < 4.78 is 5.65. The van der Waals surface area contributed by atoms with Crippen molar-refractivity contribution in [2.45, 2.75) is 26.2 Å². The average molecular weight is 316 g/mol. The van der Waals surface area contributed by atoms with Crippen LogP contribution in [0.4, 0.5) is 0 Å². The fourth-order valence-electron chi connectivity index (χ4n) is 2.39. The summed E-state index contributed by atoms with van der Waals surface area (Å²) in [6.45, 7) is 4.22. The summed E-state index contributed by atoms with van der Waals surface area (Å²) in [5, 5.41) is 4.11. The molecule has 20 heavy (non-hydrogen) atoms. The predicted molar refractivity (Wildman–Crippen MR) is 82.2 cm³/mol. The van der Waals surface area contributed by atoms with Crippen LogP contribution in [0.15, 0.2) is 12.1 Å². The van der Waals surface area contributed by atoms with Crippen molar-refractivity contribution in [3.05, 3.63) is 27.7 Å².